The summed E-state index contributed by atoms with van der Waals surface area (Å²) in [6.07, 6.45) is 0.700. The van der Waals surface area contributed by atoms with Gasteiger partial charge >= 0.3 is 12.2 Å². The van der Waals surface area contributed by atoms with E-state index in [9.17, 15) is 9.59 Å². The number of hydrogen-bond donors (Lipinski definition) is 1. The van der Waals surface area contributed by atoms with Crippen LogP contribution in [0.15, 0.2) is 18.2 Å². The average molecular weight is 225 g/mol. The standard InChI is InChI=1S/C9H5ClN2O3/c10-7-3-5(8(13)4-12-11)1-2-6(7)9(14)15/h1-4H,(H,14,15). The van der Waals surface area contributed by atoms with E-state index in [2.05, 4.69) is 4.79 Å². The van der Waals surface area contributed by atoms with Crippen LogP contribution in [-0.4, -0.2) is 27.9 Å². The summed E-state index contributed by atoms with van der Waals surface area (Å²) in [4.78, 5) is 24.3. The zero-order chi connectivity index (χ0) is 11.4. The van der Waals surface area contributed by atoms with Gasteiger partial charge in [-0.25, -0.2) is 4.79 Å². The van der Waals surface area contributed by atoms with Crippen molar-refractivity contribution in [1.29, 1.82) is 0 Å². The molecule has 0 amide bonds. The third-order valence-corrected chi connectivity index (χ3v) is 1.97. The largest absolute Gasteiger partial charge is 0.478 e. The van der Waals surface area contributed by atoms with Gasteiger partial charge in [-0.15, -0.1) is 0 Å². The van der Waals surface area contributed by atoms with Gasteiger partial charge in [0.25, 0.3) is 5.78 Å². The summed E-state index contributed by atoms with van der Waals surface area (Å²) < 4.78 is 0. The van der Waals surface area contributed by atoms with E-state index in [0.29, 0.717) is 6.21 Å². The molecule has 0 aliphatic rings. The van der Waals surface area contributed by atoms with Gasteiger partial charge in [0, 0.05) is 5.56 Å². The summed E-state index contributed by atoms with van der Waals surface area (Å²) in [6, 6.07) is 3.71. The molecule has 0 aliphatic heterocycles. The van der Waals surface area contributed by atoms with Gasteiger partial charge in [-0.05, 0) is 18.2 Å². The Hall–Kier alpha value is -1.97. The highest BCUT2D eigenvalue weighted by molar-refractivity contribution is 6.36. The molecule has 15 heavy (non-hydrogen) atoms. The fourth-order valence-corrected chi connectivity index (χ4v) is 1.23. The van der Waals surface area contributed by atoms with Crippen LogP contribution in [0.2, 0.25) is 5.02 Å². The van der Waals surface area contributed by atoms with Crippen molar-refractivity contribution >= 4 is 29.6 Å². The van der Waals surface area contributed by atoms with Crippen LogP contribution in [-0.2, 0) is 0 Å². The molecule has 0 bridgehead atoms. The van der Waals surface area contributed by atoms with E-state index in [1.165, 1.54) is 18.2 Å². The number of halogens is 1. The molecule has 0 unspecified atom stereocenters. The smallest absolute Gasteiger partial charge is 0.337 e. The second-order valence-corrected chi connectivity index (χ2v) is 3.02. The summed E-state index contributed by atoms with van der Waals surface area (Å²) in [5.41, 5.74) is 8.20. The molecular weight excluding hydrogens is 220 g/mol. The summed E-state index contributed by atoms with van der Waals surface area (Å²) in [6.45, 7) is 0. The van der Waals surface area contributed by atoms with E-state index in [1.807, 2.05) is 0 Å². The lowest BCUT2D eigenvalue weighted by molar-refractivity contribution is 0.00234. The Balaban J connectivity index is 3.17. The second-order valence-electron chi connectivity index (χ2n) is 2.61. The quantitative estimate of drug-likeness (QED) is 0.365. The number of carboxylic acids is 1. The van der Waals surface area contributed by atoms with Crippen LogP contribution >= 0.6 is 11.6 Å². The molecule has 0 aromatic heterocycles. The van der Waals surface area contributed by atoms with Crippen molar-refractivity contribution in [2.45, 2.75) is 0 Å². The van der Waals surface area contributed by atoms with Crippen molar-refractivity contribution in [2.24, 2.45) is 0 Å². The van der Waals surface area contributed by atoms with Gasteiger partial charge < -0.3 is 10.6 Å². The normalized spacial score (nSPS) is 9.13. The van der Waals surface area contributed by atoms with Crippen LogP contribution in [0, 0.1) is 0 Å². The highest BCUT2D eigenvalue weighted by atomic mass is 35.5. The number of rotatable bonds is 3. The molecule has 1 rings (SSSR count). The van der Waals surface area contributed by atoms with Gasteiger partial charge in [0.05, 0.1) is 10.6 Å². The molecule has 0 saturated carbocycles. The van der Waals surface area contributed by atoms with Crippen LogP contribution in [0.5, 0.6) is 0 Å². The van der Waals surface area contributed by atoms with Gasteiger partial charge in [0.15, 0.2) is 0 Å². The van der Waals surface area contributed by atoms with Crippen molar-refractivity contribution in [3.05, 3.63) is 39.9 Å². The third kappa shape index (κ3) is 2.49. The van der Waals surface area contributed by atoms with Crippen molar-refractivity contribution in [3.8, 4) is 0 Å². The average Bonchev–Trinajstić information content (AvgIpc) is 2.17. The highest BCUT2D eigenvalue weighted by Crippen LogP contribution is 2.17. The lowest BCUT2D eigenvalue weighted by Crippen LogP contribution is -2.03. The van der Waals surface area contributed by atoms with Gasteiger partial charge in [-0.3, -0.25) is 4.79 Å². The van der Waals surface area contributed by atoms with E-state index in [0.717, 1.165) is 0 Å². The fourth-order valence-electron chi connectivity index (χ4n) is 0.969. The summed E-state index contributed by atoms with van der Waals surface area (Å²) in [5.74, 6) is -1.73. The number of carbonyl (C=O) groups excluding carboxylic acids is 1. The van der Waals surface area contributed by atoms with E-state index < -0.39 is 11.8 Å². The maximum absolute atomic E-state index is 11.2. The zero-order valence-electron chi connectivity index (χ0n) is 7.35. The molecule has 1 aromatic carbocycles. The lowest BCUT2D eigenvalue weighted by atomic mass is 10.1. The molecule has 0 aliphatic carbocycles. The Morgan fingerprint density at radius 3 is 2.60 bits per heavy atom. The number of benzene rings is 1. The SMILES string of the molecule is [N-]=[N+]=CC(=O)c1ccc(C(=O)O)c(Cl)c1. The minimum absolute atomic E-state index is 0.0420. The molecule has 0 radical (unpaired) electrons. The maximum atomic E-state index is 11.2. The van der Waals surface area contributed by atoms with Crippen LogP contribution < -0.4 is 0 Å². The molecule has 0 atom stereocenters. The molecule has 6 heteroatoms. The Labute approximate surface area is 89.5 Å². The minimum atomic E-state index is -1.17. The fraction of sp³-hybridized carbons (Fsp3) is 0. The molecular formula is C9H5ClN2O3. The van der Waals surface area contributed by atoms with E-state index in [-0.39, 0.29) is 16.1 Å². The maximum Gasteiger partial charge on any atom is 0.337 e. The minimum Gasteiger partial charge on any atom is -0.478 e. The van der Waals surface area contributed by atoms with Crippen LogP contribution in [0.4, 0.5) is 0 Å². The number of hydrogen-bond acceptors (Lipinski definition) is 2. The van der Waals surface area contributed by atoms with Crippen LogP contribution in [0.3, 0.4) is 0 Å². The predicted octanol–water partition coefficient (Wildman–Crippen LogP) is 1.52. The predicted molar refractivity (Wildman–Crippen MR) is 52.4 cm³/mol. The summed E-state index contributed by atoms with van der Waals surface area (Å²) in [7, 11) is 0. The first-order chi connectivity index (χ1) is 7.06. The number of ketones is 1. The first-order valence-corrected chi connectivity index (χ1v) is 4.18. The second kappa shape index (κ2) is 4.50. The van der Waals surface area contributed by atoms with E-state index in [1.54, 1.807) is 0 Å². The van der Waals surface area contributed by atoms with Gasteiger partial charge in [-0.1, -0.05) is 11.6 Å². The summed E-state index contributed by atoms with van der Waals surface area (Å²) in [5, 5.41) is 8.62. The number of Topliss-reactive ketones (excluding diaryl/α,β-unsaturated/α-hetero) is 1. The molecule has 0 spiro atoms. The Bertz CT molecular complexity index is 478. The number of aromatic carboxylic acids is 1. The topological polar surface area (TPSA) is 90.8 Å². The summed E-state index contributed by atoms with van der Waals surface area (Å²) >= 11 is 5.63. The molecule has 0 heterocycles. The van der Waals surface area contributed by atoms with E-state index in [4.69, 9.17) is 22.2 Å². The third-order valence-electron chi connectivity index (χ3n) is 1.66. The molecule has 76 valence electrons. The molecule has 5 nitrogen and oxygen atoms in total. The van der Waals surface area contributed by atoms with Gasteiger partial charge in [0.2, 0.25) is 0 Å². The number of nitrogens with zero attached hydrogens (tertiary/aromatic N) is 2. The first kappa shape index (κ1) is 11.1. The van der Waals surface area contributed by atoms with Crippen molar-refractivity contribution in [2.75, 3.05) is 0 Å². The lowest BCUT2D eigenvalue weighted by Gasteiger charge is -1.99. The van der Waals surface area contributed by atoms with E-state index >= 15 is 0 Å². The van der Waals surface area contributed by atoms with Crippen LogP contribution in [0.25, 0.3) is 5.53 Å². The Kier molecular flexibility index (Phi) is 3.33. The highest BCUT2D eigenvalue weighted by Gasteiger charge is 2.13. The zero-order valence-corrected chi connectivity index (χ0v) is 8.10. The Morgan fingerprint density at radius 1 is 1.47 bits per heavy atom. The molecule has 1 aromatic rings. The van der Waals surface area contributed by atoms with Crippen molar-refractivity contribution < 1.29 is 19.5 Å². The Morgan fingerprint density at radius 2 is 2.13 bits per heavy atom. The van der Waals surface area contributed by atoms with Gasteiger partial charge in [-0.2, -0.15) is 4.79 Å². The van der Waals surface area contributed by atoms with Crippen molar-refractivity contribution in [3.63, 3.8) is 0 Å². The van der Waals surface area contributed by atoms with Gasteiger partial charge in [0.1, 0.15) is 0 Å². The van der Waals surface area contributed by atoms with Crippen molar-refractivity contribution in [1.82, 2.24) is 0 Å². The number of carboxylic acid groups (broad SMARTS) is 1. The first-order valence-electron chi connectivity index (χ1n) is 3.81. The molecule has 1 N–H and O–H groups in total. The van der Waals surface area contributed by atoms with Crippen LogP contribution in [0.1, 0.15) is 20.7 Å². The number of carbonyl (C=O) groups is 2. The molecule has 0 saturated heterocycles. The monoisotopic (exact) mass is 224 g/mol. The molecule has 0 fully saturated rings.